The van der Waals surface area contributed by atoms with Crippen LogP contribution in [0.2, 0.25) is 0 Å². The molecule has 0 aliphatic carbocycles. The van der Waals surface area contributed by atoms with Crippen LogP contribution in [0.4, 0.5) is 0 Å². The van der Waals surface area contributed by atoms with Crippen molar-refractivity contribution in [3.05, 3.63) is 35.4 Å². The van der Waals surface area contributed by atoms with E-state index in [2.05, 4.69) is 0 Å². The van der Waals surface area contributed by atoms with Gasteiger partial charge in [-0.25, -0.2) is 0 Å². The summed E-state index contributed by atoms with van der Waals surface area (Å²) in [5.74, 6) is 0.276. The van der Waals surface area contributed by atoms with Crippen LogP contribution in [0.25, 0.3) is 0 Å². The van der Waals surface area contributed by atoms with E-state index >= 15 is 0 Å². The van der Waals surface area contributed by atoms with Crippen molar-refractivity contribution in [2.45, 2.75) is 25.9 Å². The molecule has 1 aromatic carbocycles. The summed E-state index contributed by atoms with van der Waals surface area (Å²) in [7, 11) is 0. The Morgan fingerprint density at radius 2 is 2.21 bits per heavy atom. The van der Waals surface area contributed by atoms with Crippen LogP contribution in [0, 0.1) is 5.92 Å². The zero-order valence-electron chi connectivity index (χ0n) is 11.4. The first kappa shape index (κ1) is 14.0. The van der Waals surface area contributed by atoms with Crippen molar-refractivity contribution in [2.24, 2.45) is 11.7 Å². The Kier molecular flexibility index (Phi) is 4.56. The summed E-state index contributed by atoms with van der Waals surface area (Å²) in [5, 5.41) is 9.90. The maximum Gasteiger partial charge on any atom is 0.254 e. The van der Waals surface area contributed by atoms with Gasteiger partial charge in [0.1, 0.15) is 0 Å². The van der Waals surface area contributed by atoms with Gasteiger partial charge in [-0.15, -0.1) is 0 Å². The molecular weight excluding hydrogens is 240 g/mol. The van der Waals surface area contributed by atoms with E-state index in [0.29, 0.717) is 26.1 Å². The number of nitrogens with zero attached hydrogens (tertiary/aromatic N) is 1. The van der Waals surface area contributed by atoms with Gasteiger partial charge in [-0.05, 0) is 36.9 Å². The van der Waals surface area contributed by atoms with E-state index in [1.807, 2.05) is 31.2 Å². The second kappa shape index (κ2) is 6.17. The molecule has 1 aromatic rings. The number of amides is 1. The van der Waals surface area contributed by atoms with E-state index < -0.39 is 6.10 Å². The highest BCUT2D eigenvalue weighted by Crippen LogP contribution is 2.20. The molecule has 1 amide bonds. The normalized spacial score (nSPS) is 23.4. The average molecular weight is 262 g/mol. The summed E-state index contributed by atoms with van der Waals surface area (Å²) in [6.45, 7) is 3.70. The van der Waals surface area contributed by atoms with Crippen LogP contribution < -0.4 is 5.73 Å². The highest BCUT2D eigenvalue weighted by Gasteiger charge is 2.28. The lowest BCUT2D eigenvalue weighted by atomic mass is 9.95. The Balaban J connectivity index is 2.15. The fourth-order valence-corrected chi connectivity index (χ4v) is 2.51. The minimum absolute atomic E-state index is 0.00926. The zero-order valence-corrected chi connectivity index (χ0v) is 11.4. The molecule has 1 aliphatic heterocycles. The predicted molar refractivity (Wildman–Crippen MR) is 74.9 cm³/mol. The first-order valence-corrected chi connectivity index (χ1v) is 6.88. The topological polar surface area (TPSA) is 66.6 Å². The van der Waals surface area contributed by atoms with Crippen LogP contribution in [-0.2, 0) is 6.42 Å². The number of aliphatic hydroxyl groups is 1. The number of hydrogen-bond acceptors (Lipinski definition) is 3. The van der Waals surface area contributed by atoms with Crippen molar-refractivity contribution in [1.29, 1.82) is 0 Å². The number of carbonyl (C=O) groups is 1. The number of nitrogens with two attached hydrogens (primary N) is 1. The van der Waals surface area contributed by atoms with Gasteiger partial charge in [0.15, 0.2) is 0 Å². The molecule has 2 unspecified atom stereocenters. The summed E-state index contributed by atoms with van der Waals surface area (Å²) >= 11 is 0. The molecular formula is C15H22N2O2. The smallest absolute Gasteiger partial charge is 0.254 e. The SMILES string of the molecule is CC1CCN(C(=O)c2ccccc2CCN)CC1O. The molecule has 0 aromatic heterocycles. The summed E-state index contributed by atoms with van der Waals surface area (Å²) in [6, 6.07) is 7.59. The minimum atomic E-state index is -0.417. The quantitative estimate of drug-likeness (QED) is 0.855. The number of likely N-dealkylation sites (tertiary alicyclic amines) is 1. The highest BCUT2D eigenvalue weighted by molar-refractivity contribution is 5.95. The number of rotatable bonds is 3. The van der Waals surface area contributed by atoms with Crippen molar-refractivity contribution in [2.75, 3.05) is 19.6 Å². The molecule has 2 atom stereocenters. The monoisotopic (exact) mass is 262 g/mol. The van der Waals surface area contributed by atoms with Crippen LogP contribution in [0.15, 0.2) is 24.3 Å². The predicted octanol–water partition coefficient (Wildman–Crippen LogP) is 1.03. The van der Waals surface area contributed by atoms with E-state index in [1.54, 1.807) is 4.90 Å². The van der Waals surface area contributed by atoms with Crippen LogP contribution in [0.5, 0.6) is 0 Å². The maximum atomic E-state index is 12.5. The van der Waals surface area contributed by atoms with E-state index in [-0.39, 0.29) is 11.8 Å². The first-order valence-electron chi connectivity index (χ1n) is 6.88. The van der Waals surface area contributed by atoms with E-state index in [1.165, 1.54) is 0 Å². The zero-order chi connectivity index (χ0) is 13.8. The third kappa shape index (κ3) is 3.14. The molecule has 1 saturated heterocycles. The van der Waals surface area contributed by atoms with E-state index in [9.17, 15) is 9.90 Å². The number of aliphatic hydroxyl groups excluding tert-OH is 1. The lowest BCUT2D eigenvalue weighted by Crippen LogP contribution is -2.46. The van der Waals surface area contributed by atoms with Crippen LogP contribution >= 0.6 is 0 Å². The summed E-state index contributed by atoms with van der Waals surface area (Å²) in [6.07, 6.45) is 1.14. The number of benzene rings is 1. The second-order valence-corrected chi connectivity index (χ2v) is 5.28. The summed E-state index contributed by atoms with van der Waals surface area (Å²) in [5.41, 5.74) is 7.29. The molecule has 1 aliphatic rings. The second-order valence-electron chi connectivity index (χ2n) is 5.28. The molecule has 19 heavy (non-hydrogen) atoms. The van der Waals surface area contributed by atoms with Gasteiger partial charge in [-0.3, -0.25) is 4.79 Å². The van der Waals surface area contributed by atoms with Crippen LogP contribution in [0.3, 0.4) is 0 Å². The van der Waals surface area contributed by atoms with Gasteiger partial charge >= 0.3 is 0 Å². The van der Waals surface area contributed by atoms with Gasteiger partial charge in [0, 0.05) is 18.7 Å². The summed E-state index contributed by atoms with van der Waals surface area (Å²) < 4.78 is 0. The molecule has 1 fully saturated rings. The van der Waals surface area contributed by atoms with Crippen molar-refractivity contribution in [3.8, 4) is 0 Å². The molecule has 0 saturated carbocycles. The highest BCUT2D eigenvalue weighted by atomic mass is 16.3. The molecule has 2 rings (SSSR count). The lowest BCUT2D eigenvalue weighted by Gasteiger charge is -2.34. The van der Waals surface area contributed by atoms with Gasteiger partial charge in [0.05, 0.1) is 6.10 Å². The molecule has 0 bridgehead atoms. The molecule has 0 radical (unpaired) electrons. The Morgan fingerprint density at radius 1 is 1.47 bits per heavy atom. The van der Waals surface area contributed by atoms with Gasteiger partial charge in [-0.1, -0.05) is 25.1 Å². The molecule has 4 nitrogen and oxygen atoms in total. The van der Waals surface area contributed by atoms with Gasteiger partial charge in [0.2, 0.25) is 0 Å². The molecule has 104 valence electrons. The number of piperidine rings is 1. The molecule has 3 N–H and O–H groups in total. The fourth-order valence-electron chi connectivity index (χ4n) is 2.51. The van der Waals surface area contributed by atoms with E-state index in [4.69, 9.17) is 5.73 Å². The average Bonchev–Trinajstić information content (AvgIpc) is 2.42. The van der Waals surface area contributed by atoms with Crippen molar-refractivity contribution in [1.82, 2.24) is 4.90 Å². The summed E-state index contributed by atoms with van der Waals surface area (Å²) in [4.78, 5) is 14.3. The fraction of sp³-hybridized carbons (Fsp3) is 0.533. The molecule has 4 heteroatoms. The van der Waals surface area contributed by atoms with E-state index in [0.717, 1.165) is 17.5 Å². The Hall–Kier alpha value is -1.39. The molecule has 1 heterocycles. The largest absolute Gasteiger partial charge is 0.391 e. The number of β-amino-alcohol motifs (C(OH)–C–C–N with tert-alkyl or cyclic N) is 1. The third-order valence-electron chi connectivity index (χ3n) is 3.87. The Labute approximate surface area is 114 Å². The van der Waals surface area contributed by atoms with Crippen molar-refractivity contribution >= 4 is 5.91 Å². The van der Waals surface area contributed by atoms with Crippen molar-refractivity contribution in [3.63, 3.8) is 0 Å². The first-order chi connectivity index (χ1) is 9.13. The molecule has 0 spiro atoms. The number of hydrogen-bond donors (Lipinski definition) is 2. The number of carbonyl (C=O) groups excluding carboxylic acids is 1. The van der Waals surface area contributed by atoms with Gasteiger partial charge in [-0.2, -0.15) is 0 Å². The standard InChI is InChI=1S/C15H22N2O2/c1-11-7-9-17(10-14(11)18)15(19)13-5-3-2-4-12(13)6-8-16/h2-5,11,14,18H,6-10,16H2,1H3. The minimum Gasteiger partial charge on any atom is -0.391 e. The van der Waals surface area contributed by atoms with Gasteiger partial charge < -0.3 is 15.7 Å². The Morgan fingerprint density at radius 3 is 2.89 bits per heavy atom. The van der Waals surface area contributed by atoms with Crippen LogP contribution in [0.1, 0.15) is 29.3 Å². The third-order valence-corrected chi connectivity index (χ3v) is 3.87. The maximum absolute atomic E-state index is 12.5. The van der Waals surface area contributed by atoms with Crippen molar-refractivity contribution < 1.29 is 9.90 Å². The van der Waals surface area contributed by atoms with Gasteiger partial charge in [0.25, 0.3) is 5.91 Å². The lowest BCUT2D eigenvalue weighted by molar-refractivity contribution is 0.0248. The van der Waals surface area contributed by atoms with Crippen LogP contribution in [-0.4, -0.2) is 41.7 Å². The Bertz CT molecular complexity index is 448.